The molecule has 0 aliphatic rings. The number of alkyl halides is 3. The van der Waals surface area contributed by atoms with Crippen LogP contribution in [0, 0.1) is 0 Å². The minimum absolute atomic E-state index is 0. The summed E-state index contributed by atoms with van der Waals surface area (Å²) in [6.45, 7) is 0. The number of benzene rings is 4. The SMILES string of the molecule is FC(F)(F)[N-]c1cc(Br)c2ccc3c(Br)cc(Br)c4ccc1c2c34.[Y]. The van der Waals surface area contributed by atoms with Crippen LogP contribution >= 0.6 is 47.8 Å². The van der Waals surface area contributed by atoms with E-state index in [2.05, 4.69) is 53.1 Å². The van der Waals surface area contributed by atoms with Crippen molar-refractivity contribution in [3.05, 3.63) is 55.1 Å². The Morgan fingerprint density at radius 2 is 1.08 bits per heavy atom. The molecule has 1 radical (unpaired) electrons. The molecule has 0 aromatic heterocycles. The van der Waals surface area contributed by atoms with Crippen LogP contribution < -0.4 is 0 Å². The van der Waals surface area contributed by atoms with Crippen molar-refractivity contribution in [3.8, 4) is 0 Å². The maximum atomic E-state index is 12.8. The van der Waals surface area contributed by atoms with Crippen molar-refractivity contribution in [2.45, 2.75) is 6.30 Å². The smallest absolute Gasteiger partial charge is 0.332 e. The number of rotatable bonds is 1. The van der Waals surface area contributed by atoms with Crippen molar-refractivity contribution in [2.24, 2.45) is 0 Å². The van der Waals surface area contributed by atoms with Crippen LogP contribution in [0.3, 0.4) is 0 Å². The average Bonchev–Trinajstić information content (AvgIpc) is 2.48. The number of nitrogens with zero attached hydrogens (tertiary/aromatic N) is 1. The van der Waals surface area contributed by atoms with Crippen molar-refractivity contribution in [1.29, 1.82) is 0 Å². The van der Waals surface area contributed by atoms with Gasteiger partial charge in [-0.1, -0.05) is 78.1 Å². The van der Waals surface area contributed by atoms with Crippen molar-refractivity contribution >= 4 is 85.8 Å². The van der Waals surface area contributed by atoms with Gasteiger partial charge in [0.15, 0.2) is 0 Å². The van der Waals surface area contributed by atoms with E-state index in [1.165, 1.54) is 6.07 Å². The van der Waals surface area contributed by atoms with Crippen molar-refractivity contribution in [2.75, 3.05) is 0 Å². The molecule has 8 heteroatoms. The molecule has 0 fully saturated rings. The Balaban J connectivity index is 0.00000182. The second-order valence-corrected chi connectivity index (χ2v) is 7.93. The zero-order valence-electron chi connectivity index (χ0n) is 12.3. The van der Waals surface area contributed by atoms with Gasteiger partial charge in [0, 0.05) is 46.1 Å². The van der Waals surface area contributed by atoms with Gasteiger partial charge >= 0.3 is 6.30 Å². The average molecular weight is 610 g/mol. The fraction of sp³-hybridized carbons (Fsp3) is 0.0588. The Kier molecular flexibility index (Phi) is 5.46. The Labute approximate surface area is 191 Å². The Morgan fingerprint density at radius 1 is 0.680 bits per heavy atom. The van der Waals surface area contributed by atoms with E-state index in [4.69, 9.17) is 0 Å². The summed E-state index contributed by atoms with van der Waals surface area (Å²) in [7, 11) is 0. The maximum absolute atomic E-state index is 12.8. The fourth-order valence-electron chi connectivity index (χ4n) is 3.08. The molecule has 4 aromatic rings. The molecule has 0 heterocycles. The molecule has 0 aliphatic heterocycles. The molecular formula is C17H6Br3F3NY-. The molecule has 0 aliphatic carbocycles. The van der Waals surface area contributed by atoms with Crippen molar-refractivity contribution in [1.82, 2.24) is 0 Å². The molecular weight excluding hydrogens is 604 g/mol. The molecule has 0 atom stereocenters. The van der Waals surface area contributed by atoms with Gasteiger partial charge < -0.3 is 5.32 Å². The molecule has 4 aromatic carbocycles. The van der Waals surface area contributed by atoms with Gasteiger partial charge in [0.05, 0.1) is 0 Å². The first-order valence-corrected chi connectivity index (χ1v) is 9.19. The van der Waals surface area contributed by atoms with E-state index in [-0.39, 0.29) is 38.4 Å². The quantitative estimate of drug-likeness (QED) is 0.152. The number of hydrogen-bond donors (Lipinski definition) is 0. The molecule has 0 bridgehead atoms. The van der Waals surface area contributed by atoms with E-state index in [0.29, 0.717) is 9.86 Å². The van der Waals surface area contributed by atoms with Gasteiger partial charge in [0.2, 0.25) is 0 Å². The monoisotopic (exact) mass is 607 g/mol. The zero-order valence-corrected chi connectivity index (χ0v) is 19.9. The van der Waals surface area contributed by atoms with Gasteiger partial charge in [-0.2, -0.15) is 13.2 Å². The second-order valence-electron chi connectivity index (χ2n) is 5.37. The molecule has 25 heavy (non-hydrogen) atoms. The molecule has 0 saturated carbocycles. The third-order valence-corrected chi connectivity index (χ3v) is 5.94. The first-order valence-electron chi connectivity index (χ1n) is 6.81. The summed E-state index contributed by atoms with van der Waals surface area (Å²) in [6.07, 6.45) is -4.62. The van der Waals surface area contributed by atoms with Crippen LogP contribution in [-0.4, -0.2) is 6.30 Å². The fourth-order valence-corrected chi connectivity index (χ4v) is 5.05. The van der Waals surface area contributed by atoms with Crippen molar-refractivity contribution < 1.29 is 45.9 Å². The summed E-state index contributed by atoms with van der Waals surface area (Å²) in [5.41, 5.74) is -0.0904. The first kappa shape index (κ1) is 19.8. The minimum Gasteiger partial charge on any atom is -0.596 e. The molecule has 4 rings (SSSR count). The van der Waals surface area contributed by atoms with Gasteiger partial charge in [-0.05, 0) is 38.4 Å². The Bertz CT molecular complexity index is 1090. The summed E-state index contributed by atoms with van der Waals surface area (Å²) >= 11 is 10.5. The van der Waals surface area contributed by atoms with E-state index in [0.717, 1.165) is 35.9 Å². The molecule has 0 spiro atoms. The van der Waals surface area contributed by atoms with Crippen LogP contribution in [0.5, 0.6) is 0 Å². The number of hydrogen-bond acceptors (Lipinski definition) is 0. The normalized spacial score (nSPS) is 12.1. The molecule has 125 valence electrons. The summed E-state index contributed by atoms with van der Waals surface area (Å²) in [6, 6.07) is 10.7. The molecule has 0 saturated heterocycles. The maximum Gasteiger partial charge on any atom is 0.332 e. The van der Waals surface area contributed by atoms with Gasteiger partial charge in [-0.3, -0.25) is 0 Å². The standard InChI is InChI=1S/C17H6Br3F3N.Y/c18-11-5-12(19)8-3-4-10-14(24-17(21,22)23)6-13(20)9-2-1-7(11)15(8)16(9)10;/h1-6H;/q-1;. The van der Waals surface area contributed by atoms with Crippen LogP contribution in [0.4, 0.5) is 18.9 Å². The van der Waals surface area contributed by atoms with Crippen LogP contribution in [0.25, 0.3) is 37.6 Å². The predicted octanol–water partition coefficient (Wildman–Crippen LogP) is 8.39. The van der Waals surface area contributed by atoms with Crippen LogP contribution in [0.1, 0.15) is 0 Å². The Hall–Kier alpha value is 0.0539. The summed E-state index contributed by atoms with van der Waals surface area (Å²) < 4.78 is 40.8. The van der Waals surface area contributed by atoms with Gasteiger partial charge in [-0.25, -0.2) is 0 Å². The predicted molar refractivity (Wildman–Crippen MR) is 102 cm³/mol. The van der Waals surface area contributed by atoms with E-state index in [1.807, 2.05) is 24.3 Å². The van der Waals surface area contributed by atoms with Gasteiger partial charge in [0.1, 0.15) is 0 Å². The van der Waals surface area contributed by atoms with E-state index >= 15 is 0 Å². The number of halogens is 6. The summed E-state index contributed by atoms with van der Waals surface area (Å²) in [4.78, 5) is 0. The topological polar surface area (TPSA) is 14.1 Å². The third-order valence-electron chi connectivity index (χ3n) is 3.97. The zero-order chi connectivity index (χ0) is 17.2. The van der Waals surface area contributed by atoms with Crippen LogP contribution in [-0.2, 0) is 32.7 Å². The summed E-state index contributed by atoms with van der Waals surface area (Å²) in [5, 5.41) is 7.86. The van der Waals surface area contributed by atoms with E-state index < -0.39 is 6.30 Å². The first-order chi connectivity index (χ1) is 11.3. The van der Waals surface area contributed by atoms with Gasteiger partial charge in [-0.15, -0.1) is 5.69 Å². The van der Waals surface area contributed by atoms with Crippen molar-refractivity contribution in [3.63, 3.8) is 0 Å². The third kappa shape index (κ3) is 3.35. The second kappa shape index (κ2) is 6.90. The van der Waals surface area contributed by atoms with Crippen LogP contribution in [0.2, 0.25) is 0 Å². The van der Waals surface area contributed by atoms with Crippen LogP contribution in [0.15, 0.2) is 49.8 Å². The molecule has 0 N–H and O–H groups in total. The van der Waals surface area contributed by atoms with E-state index in [1.54, 1.807) is 6.07 Å². The Morgan fingerprint density at radius 3 is 1.56 bits per heavy atom. The summed E-state index contributed by atoms with van der Waals surface area (Å²) in [5.74, 6) is 0. The van der Waals surface area contributed by atoms with E-state index in [9.17, 15) is 13.2 Å². The van der Waals surface area contributed by atoms with Gasteiger partial charge in [0.25, 0.3) is 0 Å². The molecule has 0 unspecified atom stereocenters. The largest absolute Gasteiger partial charge is 0.596 e. The molecule has 1 nitrogen and oxygen atoms in total. The minimum atomic E-state index is -4.62. The molecule has 0 amide bonds.